The molecule has 110 valence electrons. The van der Waals surface area contributed by atoms with E-state index in [1.54, 1.807) is 12.1 Å². The number of nitrogens with one attached hydrogen (secondary N) is 2. The minimum Gasteiger partial charge on any atom is -0.350 e. The Morgan fingerprint density at radius 2 is 2.10 bits per heavy atom. The highest BCUT2D eigenvalue weighted by Crippen LogP contribution is 2.33. The van der Waals surface area contributed by atoms with Gasteiger partial charge in [0.15, 0.2) is 0 Å². The van der Waals surface area contributed by atoms with Gasteiger partial charge in [0.25, 0.3) is 5.91 Å². The van der Waals surface area contributed by atoms with Crippen LogP contribution in [0.1, 0.15) is 23.3 Å². The van der Waals surface area contributed by atoms with E-state index >= 15 is 0 Å². The van der Waals surface area contributed by atoms with Crippen LogP contribution in [0.4, 0.5) is 0 Å². The molecule has 1 atom stereocenters. The summed E-state index contributed by atoms with van der Waals surface area (Å²) < 4.78 is 0. The predicted octanol–water partition coefficient (Wildman–Crippen LogP) is 3.05. The van der Waals surface area contributed by atoms with E-state index in [-0.39, 0.29) is 11.4 Å². The second-order valence-corrected chi connectivity index (χ2v) is 6.72. The Kier molecular flexibility index (Phi) is 2.96. The number of hydrogen-bond acceptors (Lipinski definition) is 2. The van der Waals surface area contributed by atoms with Crippen LogP contribution in [-0.4, -0.2) is 41.0 Å². The summed E-state index contributed by atoms with van der Waals surface area (Å²) in [5.41, 5.74) is 1.58. The fraction of sp³-hybridized carbons (Fsp3) is 0.400. The van der Waals surface area contributed by atoms with Crippen molar-refractivity contribution in [3.8, 4) is 0 Å². The molecule has 2 aliphatic rings. The summed E-state index contributed by atoms with van der Waals surface area (Å²) in [5, 5.41) is 5.24. The monoisotopic (exact) mass is 323 g/mol. The maximum Gasteiger partial charge on any atom is 0.270 e. The Labute approximate surface area is 132 Å². The molecule has 4 rings (SSSR count). The highest BCUT2D eigenvalue weighted by Gasteiger charge is 2.44. The minimum absolute atomic E-state index is 0.0314. The first kappa shape index (κ1) is 13.4. The number of carbonyl (C=O) groups is 1. The maximum absolute atomic E-state index is 12.6. The number of rotatable bonds is 1. The molecule has 6 heteroatoms. The van der Waals surface area contributed by atoms with Crippen LogP contribution in [0.25, 0.3) is 10.9 Å². The normalized spacial score (nSPS) is 24.8. The summed E-state index contributed by atoms with van der Waals surface area (Å²) in [6.45, 7) is 2.65. The van der Waals surface area contributed by atoms with E-state index in [1.807, 2.05) is 11.0 Å². The number of aromatic nitrogens is 1. The molecule has 21 heavy (non-hydrogen) atoms. The predicted molar refractivity (Wildman–Crippen MR) is 84.2 cm³/mol. The van der Waals surface area contributed by atoms with Gasteiger partial charge in [0.05, 0.1) is 10.0 Å². The number of aromatic amines is 1. The molecule has 1 spiro atoms. The van der Waals surface area contributed by atoms with Crippen LogP contribution in [0.2, 0.25) is 10.0 Å². The number of fused-ring (bicyclic) bond motifs is 1. The molecule has 4 nitrogen and oxygen atoms in total. The Morgan fingerprint density at radius 1 is 1.29 bits per heavy atom. The number of halogens is 2. The fourth-order valence-electron chi connectivity index (χ4n) is 3.30. The molecular formula is C15H15Cl2N3O. The van der Waals surface area contributed by atoms with E-state index in [0.717, 1.165) is 43.4 Å². The van der Waals surface area contributed by atoms with Crippen LogP contribution in [0.5, 0.6) is 0 Å². The molecule has 0 aliphatic carbocycles. The lowest BCUT2D eigenvalue weighted by molar-refractivity contribution is 0.0761. The van der Waals surface area contributed by atoms with Crippen molar-refractivity contribution in [2.24, 2.45) is 0 Å². The van der Waals surface area contributed by atoms with Crippen molar-refractivity contribution < 1.29 is 4.79 Å². The first-order chi connectivity index (χ1) is 10.1. The van der Waals surface area contributed by atoms with Crippen LogP contribution >= 0.6 is 23.2 Å². The third-order valence-corrected chi connectivity index (χ3v) is 5.48. The van der Waals surface area contributed by atoms with E-state index < -0.39 is 0 Å². The number of amides is 1. The number of H-pyrrole nitrogens is 1. The van der Waals surface area contributed by atoms with E-state index in [2.05, 4.69) is 10.3 Å². The smallest absolute Gasteiger partial charge is 0.270 e. The standard InChI is InChI=1S/C15H15Cl2N3O/c16-10-1-2-11-9(13(10)17)7-12(19-11)14(21)20-6-4-15(8-20)3-5-18-15/h1-2,7,18-19H,3-6,8H2. The van der Waals surface area contributed by atoms with Crippen molar-refractivity contribution >= 4 is 40.0 Å². The van der Waals surface area contributed by atoms with Crippen molar-refractivity contribution in [2.45, 2.75) is 18.4 Å². The second-order valence-electron chi connectivity index (χ2n) is 5.94. The van der Waals surface area contributed by atoms with Crippen molar-refractivity contribution in [1.29, 1.82) is 0 Å². The summed E-state index contributed by atoms with van der Waals surface area (Å²) in [7, 11) is 0. The summed E-state index contributed by atoms with van der Waals surface area (Å²) in [4.78, 5) is 17.7. The van der Waals surface area contributed by atoms with Crippen LogP contribution in [-0.2, 0) is 0 Å². The average molecular weight is 324 g/mol. The zero-order valence-electron chi connectivity index (χ0n) is 11.4. The summed E-state index contributed by atoms with van der Waals surface area (Å²) >= 11 is 12.2. The molecule has 1 amide bonds. The van der Waals surface area contributed by atoms with Crippen molar-refractivity contribution in [2.75, 3.05) is 19.6 Å². The third kappa shape index (κ3) is 2.05. The number of nitrogens with zero attached hydrogens (tertiary/aromatic N) is 1. The largest absolute Gasteiger partial charge is 0.350 e. The molecule has 1 aromatic carbocycles. The summed E-state index contributed by atoms with van der Waals surface area (Å²) in [6, 6.07) is 5.38. The van der Waals surface area contributed by atoms with Crippen LogP contribution in [0.15, 0.2) is 18.2 Å². The molecule has 0 bridgehead atoms. The van der Waals surface area contributed by atoms with Gasteiger partial charge in [0.2, 0.25) is 0 Å². The van der Waals surface area contributed by atoms with Gasteiger partial charge < -0.3 is 15.2 Å². The Balaban J connectivity index is 1.64. The van der Waals surface area contributed by atoms with Crippen molar-refractivity contribution in [1.82, 2.24) is 15.2 Å². The average Bonchev–Trinajstić information content (AvgIpc) is 3.06. The zero-order chi connectivity index (χ0) is 14.6. The molecule has 2 aliphatic heterocycles. The van der Waals surface area contributed by atoms with E-state index in [4.69, 9.17) is 23.2 Å². The Bertz CT molecular complexity index is 736. The van der Waals surface area contributed by atoms with E-state index in [9.17, 15) is 4.79 Å². The number of likely N-dealkylation sites (tertiary alicyclic amines) is 1. The lowest BCUT2D eigenvalue weighted by atomic mass is 9.87. The molecule has 3 heterocycles. The van der Waals surface area contributed by atoms with Gasteiger partial charge >= 0.3 is 0 Å². The van der Waals surface area contributed by atoms with Gasteiger partial charge in [-0.2, -0.15) is 0 Å². The lowest BCUT2D eigenvalue weighted by Crippen LogP contribution is -2.58. The van der Waals surface area contributed by atoms with Crippen molar-refractivity contribution in [3.63, 3.8) is 0 Å². The fourth-order valence-corrected chi connectivity index (χ4v) is 3.68. The van der Waals surface area contributed by atoms with Crippen molar-refractivity contribution in [3.05, 3.63) is 33.9 Å². The van der Waals surface area contributed by atoms with Crippen LogP contribution < -0.4 is 5.32 Å². The Hall–Kier alpha value is -1.23. The highest BCUT2D eigenvalue weighted by molar-refractivity contribution is 6.45. The molecule has 0 radical (unpaired) electrons. The van der Waals surface area contributed by atoms with Crippen LogP contribution in [0, 0.1) is 0 Å². The second kappa shape index (κ2) is 4.63. The molecule has 2 saturated heterocycles. The minimum atomic E-state index is 0.0314. The van der Waals surface area contributed by atoms with Gasteiger partial charge in [-0.1, -0.05) is 23.2 Å². The first-order valence-corrected chi connectivity index (χ1v) is 7.85. The quantitative estimate of drug-likeness (QED) is 0.847. The third-order valence-electron chi connectivity index (χ3n) is 4.67. The SMILES string of the molecule is O=C(c1cc2c(Cl)c(Cl)ccc2[nH]1)N1CCC2(CCN2)C1. The molecule has 2 aromatic rings. The van der Waals surface area contributed by atoms with Gasteiger partial charge in [-0.25, -0.2) is 0 Å². The summed E-state index contributed by atoms with van der Waals surface area (Å²) in [5.74, 6) is 0.0314. The zero-order valence-corrected chi connectivity index (χ0v) is 12.9. The molecule has 1 aromatic heterocycles. The molecule has 1 unspecified atom stereocenters. The van der Waals surface area contributed by atoms with E-state index in [1.165, 1.54) is 0 Å². The van der Waals surface area contributed by atoms with E-state index in [0.29, 0.717) is 15.7 Å². The number of hydrogen-bond donors (Lipinski definition) is 2. The lowest BCUT2D eigenvalue weighted by Gasteiger charge is -2.39. The van der Waals surface area contributed by atoms with Gasteiger partial charge in [-0.05, 0) is 37.6 Å². The van der Waals surface area contributed by atoms with Gasteiger partial charge in [0, 0.05) is 29.5 Å². The number of carbonyl (C=O) groups excluding carboxylic acids is 1. The molecule has 2 N–H and O–H groups in total. The molecule has 2 fully saturated rings. The number of benzene rings is 1. The summed E-state index contributed by atoms with van der Waals surface area (Å²) in [6.07, 6.45) is 2.19. The molecule has 0 saturated carbocycles. The van der Waals surface area contributed by atoms with Crippen LogP contribution in [0.3, 0.4) is 0 Å². The molecular weight excluding hydrogens is 309 g/mol. The Morgan fingerprint density at radius 3 is 2.76 bits per heavy atom. The van der Waals surface area contributed by atoms with Gasteiger partial charge in [-0.15, -0.1) is 0 Å². The van der Waals surface area contributed by atoms with Gasteiger partial charge in [0.1, 0.15) is 5.69 Å². The maximum atomic E-state index is 12.6. The highest BCUT2D eigenvalue weighted by atomic mass is 35.5. The topological polar surface area (TPSA) is 48.1 Å². The van der Waals surface area contributed by atoms with Gasteiger partial charge in [-0.3, -0.25) is 4.79 Å². The first-order valence-electron chi connectivity index (χ1n) is 7.09.